The summed E-state index contributed by atoms with van der Waals surface area (Å²) < 4.78 is 9.51. The first kappa shape index (κ1) is 14.0. The molecule has 1 aromatic rings. The van der Waals surface area contributed by atoms with Gasteiger partial charge in [0, 0.05) is 5.69 Å². The molecule has 0 spiro atoms. The Balaban J connectivity index is 2.28. The summed E-state index contributed by atoms with van der Waals surface area (Å²) >= 11 is 0. The van der Waals surface area contributed by atoms with E-state index >= 15 is 0 Å². The van der Waals surface area contributed by atoms with Gasteiger partial charge in [-0.05, 0) is 32.9 Å². The number of carbonyl (C=O) groups excluding carboxylic acids is 2. The van der Waals surface area contributed by atoms with E-state index in [0.717, 1.165) is 0 Å². The summed E-state index contributed by atoms with van der Waals surface area (Å²) in [6.45, 7) is 4.77. The number of amides is 1. The van der Waals surface area contributed by atoms with Gasteiger partial charge in [0.2, 0.25) is 6.79 Å². The Labute approximate surface area is 106 Å². The average molecular weight is 251 g/mol. The molecule has 0 aliphatic rings. The molecule has 0 saturated carbocycles. The molecule has 0 bridgehead atoms. The Bertz CT molecular complexity index is 409. The summed E-state index contributed by atoms with van der Waals surface area (Å²) in [5, 5.41) is 2.50. The molecule has 5 nitrogen and oxygen atoms in total. The van der Waals surface area contributed by atoms with Crippen molar-refractivity contribution in [3.05, 3.63) is 30.3 Å². The fourth-order valence-electron chi connectivity index (χ4n) is 1.03. The average Bonchev–Trinajstić information content (AvgIpc) is 2.28. The van der Waals surface area contributed by atoms with Crippen molar-refractivity contribution < 1.29 is 19.1 Å². The molecule has 1 rings (SSSR count). The first-order valence-corrected chi connectivity index (χ1v) is 5.55. The molecule has 0 aliphatic carbocycles. The van der Waals surface area contributed by atoms with Gasteiger partial charge in [-0.2, -0.15) is 0 Å². The van der Waals surface area contributed by atoms with Crippen molar-refractivity contribution in [2.24, 2.45) is 5.41 Å². The highest BCUT2D eigenvalue weighted by molar-refractivity contribution is 5.84. The van der Waals surface area contributed by atoms with Gasteiger partial charge in [-0.3, -0.25) is 10.1 Å². The predicted molar refractivity (Wildman–Crippen MR) is 67.0 cm³/mol. The third-order valence-electron chi connectivity index (χ3n) is 2.01. The molecule has 0 aliphatic heterocycles. The number of para-hydroxylation sites is 1. The highest BCUT2D eigenvalue weighted by atomic mass is 16.7. The maximum absolute atomic E-state index is 11.4. The zero-order chi connectivity index (χ0) is 13.6. The second kappa shape index (κ2) is 6.05. The fourth-order valence-corrected chi connectivity index (χ4v) is 1.03. The lowest BCUT2D eigenvalue weighted by atomic mass is 9.98. The Morgan fingerprint density at radius 2 is 1.72 bits per heavy atom. The molecular weight excluding hydrogens is 234 g/mol. The van der Waals surface area contributed by atoms with Crippen molar-refractivity contribution in [3.8, 4) is 0 Å². The number of ether oxygens (including phenoxy) is 2. The van der Waals surface area contributed by atoms with Crippen LogP contribution in [-0.4, -0.2) is 18.9 Å². The van der Waals surface area contributed by atoms with Gasteiger partial charge in [0.15, 0.2) is 0 Å². The minimum atomic E-state index is -0.664. The SMILES string of the molecule is CC(C)(C)C(=O)OCOC(=O)Nc1ccccc1. The smallest absolute Gasteiger partial charge is 0.414 e. The van der Waals surface area contributed by atoms with Gasteiger partial charge in [0.1, 0.15) is 0 Å². The van der Waals surface area contributed by atoms with E-state index in [1.807, 2.05) is 6.07 Å². The van der Waals surface area contributed by atoms with Gasteiger partial charge < -0.3 is 9.47 Å². The van der Waals surface area contributed by atoms with Gasteiger partial charge in [0.25, 0.3) is 0 Å². The van der Waals surface area contributed by atoms with Crippen LogP contribution in [-0.2, 0) is 14.3 Å². The number of rotatable bonds is 3. The van der Waals surface area contributed by atoms with E-state index in [1.165, 1.54) is 0 Å². The van der Waals surface area contributed by atoms with Crippen LogP contribution in [0.15, 0.2) is 30.3 Å². The maximum Gasteiger partial charge on any atom is 0.414 e. The zero-order valence-electron chi connectivity index (χ0n) is 10.7. The standard InChI is InChI=1S/C13H17NO4/c1-13(2,3)11(15)17-9-18-12(16)14-10-7-5-4-6-8-10/h4-8H,9H2,1-3H3,(H,14,16). The summed E-state index contributed by atoms with van der Waals surface area (Å²) in [5.41, 5.74) is 0.00358. The summed E-state index contributed by atoms with van der Waals surface area (Å²) in [6.07, 6.45) is -0.664. The van der Waals surface area contributed by atoms with Crippen LogP contribution in [0.5, 0.6) is 0 Å². The highest BCUT2D eigenvalue weighted by Gasteiger charge is 2.23. The highest BCUT2D eigenvalue weighted by Crippen LogP contribution is 2.14. The molecule has 1 amide bonds. The molecule has 0 unspecified atom stereocenters. The quantitative estimate of drug-likeness (QED) is 0.662. The number of esters is 1. The number of carbonyl (C=O) groups is 2. The lowest BCUT2D eigenvalue weighted by Crippen LogP contribution is -2.25. The monoisotopic (exact) mass is 251 g/mol. The first-order valence-electron chi connectivity index (χ1n) is 5.55. The van der Waals surface area contributed by atoms with Crippen molar-refractivity contribution in [1.29, 1.82) is 0 Å². The topological polar surface area (TPSA) is 64.6 Å². The Morgan fingerprint density at radius 3 is 2.28 bits per heavy atom. The zero-order valence-corrected chi connectivity index (χ0v) is 10.7. The molecule has 0 heterocycles. The minimum absolute atomic E-state index is 0.394. The molecule has 1 N–H and O–H groups in total. The second-order valence-electron chi connectivity index (χ2n) is 4.72. The third kappa shape index (κ3) is 4.86. The molecule has 0 radical (unpaired) electrons. The van der Waals surface area contributed by atoms with E-state index in [4.69, 9.17) is 9.47 Å². The normalized spacial score (nSPS) is 10.6. The number of nitrogens with one attached hydrogen (secondary N) is 1. The number of hydrogen-bond donors (Lipinski definition) is 1. The van der Waals surface area contributed by atoms with Crippen molar-refractivity contribution in [2.75, 3.05) is 12.1 Å². The molecule has 5 heteroatoms. The van der Waals surface area contributed by atoms with E-state index in [1.54, 1.807) is 45.0 Å². The van der Waals surface area contributed by atoms with E-state index in [-0.39, 0.29) is 0 Å². The molecule has 0 atom stereocenters. The minimum Gasteiger partial charge on any atom is -0.427 e. The number of benzene rings is 1. The molecule has 0 saturated heterocycles. The van der Waals surface area contributed by atoms with E-state index in [0.29, 0.717) is 5.69 Å². The molecule has 98 valence electrons. The van der Waals surface area contributed by atoms with Crippen molar-refractivity contribution >= 4 is 17.7 Å². The number of anilines is 1. The van der Waals surface area contributed by atoms with Crippen LogP contribution in [0.4, 0.5) is 10.5 Å². The van der Waals surface area contributed by atoms with Crippen molar-refractivity contribution in [1.82, 2.24) is 0 Å². The summed E-state index contributed by atoms with van der Waals surface area (Å²) in [6, 6.07) is 8.86. The van der Waals surface area contributed by atoms with Crippen LogP contribution in [0.25, 0.3) is 0 Å². The van der Waals surface area contributed by atoms with Crippen LogP contribution >= 0.6 is 0 Å². The predicted octanol–water partition coefficient (Wildman–Crippen LogP) is 2.78. The molecule has 1 aromatic carbocycles. The first-order chi connectivity index (χ1) is 8.39. The lowest BCUT2D eigenvalue weighted by molar-refractivity contribution is -0.161. The maximum atomic E-state index is 11.4. The van der Waals surface area contributed by atoms with Crippen LogP contribution in [0.2, 0.25) is 0 Å². The molecule has 18 heavy (non-hydrogen) atoms. The Hall–Kier alpha value is -2.04. The van der Waals surface area contributed by atoms with Gasteiger partial charge in [-0.1, -0.05) is 18.2 Å². The third-order valence-corrected chi connectivity index (χ3v) is 2.01. The fraction of sp³-hybridized carbons (Fsp3) is 0.385. The lowest BCUT2D eigenvalue weighted by Gasteiger charge is -2.16. The van der Waals surface area contributed by atoms with Gasteiger partial charge >= 0.3 is 12.1 Å². The molecule has 0 aromatic heterocycles. The van der Waals surface area contributed by atoms with Crippen molar-refractivity contribution in [2.45, 2.75) is 20.8 Å². The molecular formula is C13H17NO4. The van der Waals surface area contributed by atoms with Gasteiger partial charge in [-0.15, -0.1) is 0 Å². The van der Waals surface area contributed by atoms with Crippen LogP contribution in [0.3, 0.4) is 0 Å². The summed E-state index contributed by atoms with van der Waals surface area (Å²) in [5.74, 6) is -0.421. The summed E-state index contributed by atoms with van der Waals surface area (Å²) in [4.78, 5) is 22.7. The summed E-state index contributed by atoms with van der Waals surface area (Å²) in [7, 11) is 0. The number of hydrogen-bond acceptors (Lipinski definition) is 4. The second-order valence-corrected chi connectivity index (χ2v) is 4.72. The van der Waals surface area contributed by atoms with Crippen molar-refractivity contribution in [3.63, 3.8) is 0 Å². The Morgan fingerprint density at radius 1 is 1.11 bits per heavy atom. The van der Waals surface area contributed by atoms with Gasteiger partial charge in [0.05, 0.1) is 5.41 Å². The van der Waals surface area contributed by atoms with E-state index in [9.17, 15) is 9.59 Å². The largest absolute Gasteiger partial charge is 0.427 e. The van der Waals surface area contributed by atoms with Crippen LogP contribution < -0.4 is 5.32 Å². The van der Waals surface area contributed by atoms with E-state index in [2.05, 4.69) is 5.32 Å². The molecule has 0 fully saturated rings. The van der Waals surface area contributed by atoms with Crippen LogP contribution in [0.1, 0.15) is 20.8 Å². The van der Waals surface area contributed by atoms with E-state index < -0.39 is 24.3 Å². The van der Waals surface area contributed by atoms with Gasteiger partial charge in [-0.25, -0.2) is 4.79 Å². The Kier molecular flexibility index (Phi) is 4.71. The van der Waals surface area contributed by atoms with Crippen LogP contribution in [0, 0.1) is 5.41 Å².